The number of imidazole rings is 1. The van der Waals surface area contributed by atoms with Gasteiger partial charge in [-0.1, -0.05) is 78.9 Å². The third-order valence-corrected chi connectivity index (χ3v) is 4.27. The number of hydrogen-bond acceptors (Lipinski definition) is 3. The van der Waals surface area contributed by atoms with Gasteiger partial charge < -0.3 is 4.57 Å². The molecule has 4 aromatic rings. The van der Waals surface area contributed by atoms with E-state index in [1.807, 2.05) is 79.1 Å². The Morgan fingerprint density at radius 2 is 1.44 bits per heavy atom. The second-order valence-corrected chi connectivity index (χ2v) is 6.15. The summed E-state index contributed by atoms with van der Waals surface area (Å²) in [7, 11) is 0. The lowest BCUT2D eigenvalue weighted by Gasteiger charge is -2.12. The maximum absolute atomic E-state index is 4.69. The van der Waals surface area contributed by atoms with E-state index in [1.165, 1.54) is 0 Å². The van der Waals surface area contributed by atoms with Crippen molar-refractivity contribution in [1.29, 1.82) is 0 Å². The second kappa shape index (κ2) is 8.15. The summed E-state index contributed by atoms with van der Waals surface area (Å²) in [6.45, 7) is 0.619. The quantitative estimate of drug-likeness (QED) is 0.389. The average Bonchev–Trinajstić information content (AvgIpc) is 3.21. The lowest BCUT2D eigenvalue weighted by atomic mass is 10.1. The van der Waals surface area contributed by atoms with Gasteiger partial charge >= 0.3 is 0 Å². The minimum atomic E-state index is 0.619. The molecule has 1 heterocycles. The minimum Gasteiger partial charge on any atom is -0.325 e. The van der Waals surface area contributed by atoms with Gasteiger partial charge in [-0.15, -0.1) is 0 Å². The highest BCUT2D eigenvalue weighted by molar-refractivity contribution is 6.01. The fourth-order valence-electron chi connectivity index (χ4n) is 2.91. The van der Waals surface area contributed by atoms with Crippen LogP contribution in [0, 0.1) is 0 Å². The number of nitrogens with one attached hydrogen (secondary N) is 1. The molecule has 4 rings (SSSR count). The summed E-state index contributed by atoms with van der Waals surface area (Å²) in [4.78, 5) is 4.54. The number of anilines is 1. The van der Waals surface area contributed by atoms with E-state index in [9.17, 15) is 0 Å². The van der Waals surface area contributed by atoms with Crippen LogP contribution in [0.2, 0.25) is 0 Å². The first-order chi connectivity index (χ1) is 13.4. The third kappa shape index (κ3) is 4.12. The van der Waals surface area contributed by atoms with Crippen LogP contribution in [-0.2, 0) is 6.54 Å². The molecule has 0 aliphatic carbocycles. The van der Waals surface area contributed by atoms with Crippen LogP contribution < -0.4 is 5.43 Å². The summed E-state index contributed by atoms with van der Waals surface area (Å²) >= 11 is 0. The minimum absolute atomic E-state index is 0.619. The van der Waals surface area contributed by atoms with Gasteiger partial charge in [0.15, 0.2) is 0 Å². The molecule has 0 bridgehead atoms. The first-order valence-electron chi connectivity index (χ1n) is 8.90. The molecule has 0 radical (unpaired) electrons. The van der Waals surface area contributed by atoms with Crippen LogP contribution in [-0.4, -0.2) is 15.3 Å². The normalized spacial score (nSPS) is 11.3. The van der Waals surface area contributed by atoms with Crippen LogP contribution in [0.15, 0.2) is 108 Å². The van der Waals surface area contributed by atoms with E-state index >= 15 is 0 Å². The number of rotatable bonds is 6. The van der Waals surface area contributed by atoms with Gasteiger partial charge in [0, 0.05) is 18.0 Å². The van der Waals surface area contributed by atoms with E-state index in [4.69, 9.17) is 5.10 Å². The first kappa shape index (κ1) is 16.8. The standard InChI is InChI=1S/C23H20N4/c1-4-10-19(11-5-1)22(26-25-21-14-8-3-9-15-21)18-27-17-16-24-23(27)20-12-6-2-7-13-20/h1-17,25H,18H2/b26-22-. The molecule has 27 heavy (non-hydrogen) atoms. The third-order valence-electron chi connectivity index (χ3n) is 4.27. The van der Waals surface area contributed by atoms with Crippen molar-refractivity contribution >= 4 is 11.4 Å². The molecular weight excluding hydrogens is 332 g/mol. The van der Waals surface area contributed by atoms with Crippen molar-refractivity contribution in [3.05, 3.63) is 109 Å². The summed E-state index contributed by atoms with van der Waals surface area (Å²) in [5, 5.41) is 4.69. The fraction of sp³-hybridized carbons (Fsp3) is 0.0435. The molecule has 1 N–H and O–H groups in total. The van der Waals surface area contributed by atoms with Gasteiger partial charge in [-0.3, -0.25) is 5.43 Å². The predicted octanol–water partition coefficient (Wildman–Crippen LogP) is 5.07. The monoisotopic (exact) mass is 352 g/mol. The number of nitrogens with zero attached hydrogens (tertiary/aromatic N) is 3. The van der Waals surface area contributed by atoms with Gasteiger partial charge in [-0.05, 0) is 17.7 Å². The van der Waals surface area contributed by atoms with E-state index in [-0.39, 0.29) is 0 Å². The zero-order chi connectivity index (χ0) is 18.3. The molecule has 0 amide bonds. The Bertz CT molecular complexity index is 1010. The van der Waals surface area contributed by atoms with Crippen molar-refractivity contribution in [3.8, 4) is 11.4 Å². The van der Waals surface area contributed by atoms with Crippen molar-refractivity contribution in [2.75, 3.05) is 5.43 Å². The van der Waals surface area contributed by atoms with Crippen LogP contribution in [0.1, 0.15) is 5.56 Å². The Hall–Kier alpha value is -3.66. The Labute approximate surface area is 158 Å². The molecule has 4 nitrogen and oxygen atoms in total. The van der Waals surface area contributed by atoms with E-state index < -0.39 is 0 Å². The number of aromatic nitrogens is 2. The topological polar surface area (TPSA) is 42.2 Å². The summed E-state index contributed by atoms with van der Waals surface area (Å²) < 4.78 is 2.12. The lowest BCUT2D eigenvalue weighted by Crippen LogP contribution is -2.14. The van der Waals surface area contributed by atoms with Crippen molar-refractivity contribution in [2.45, 2.75) is 6.54 Å². The predicted molar refractivity (Wildman–Crippen MR) is 111 cm³/mol. The van der Waals surface area contributed by atoms with Crippen molar-refractivity contribution in [1.82, 2.24) is 9.55 Å². The van der Waals surface area contributed by atoms with Crippen molar-refractivity contribution < 1.29 is 0 Å². The van der Waals surface area contributed by atoms with Crippen LogP contribution in [0.25, 0.3) is 11.4 Å². The molecule has 0 fully saturated rings. The molecule has 0 atom stereocenters. The summed E-state index contributed by atoms with van der Waals surface area (Å²) in [6, 6.07) is 30.4. The first-order valence-corrected chi connectivity index (χ1v) is 8.90. The van der Waals surface area contributed by atoms with Crippen molar-refractivity contribution in [2.24, 2.45) is 5.10 Å². The Balaban J connectivity index is 1.66. The highest BCUT2D eigenvalue weighted by Crippen LogP contribution is 2.18. The molecule has 3 aromatic carbocycles. The average molecular weight is 352 g/mol. The number of hydrogen-bond donors (Lipinski definition) is 1. The van der Waals surface area contributed by atoms with Gasteiger partial charge in [0.25, 0.3) is 0 Å². The molecule has 4 heteroatoms. The highest BCUT2D eigenvalue weighted by Gasteiger charge is 2.10. The fourth-order valence-corrected chi connectivity index (χ4v) is 2.91. The number of hydrazone groups is 1. The molecule has 0 spiro atoms. The van der Waals surface area contributed by atoms with Gasteiger partial charge in [-0.2, -0.15) is 5.10 Å². The molecule has 0 saturated carbocycles. The molecular formula is C23H20N4. The van der Waals surface area contributed by atoms with Crippen LogP contribution in [0.3, 0.4) is 0 Å². The van der Waals surface area contributed by atoms with E-state index in [1.54, 1.807) is 0 Å². The highest BCUT2D eigenvalue weighted by atomic mass is 15.3. The lowest BCUT2D eigenvalue weighted by molar-refractivity contribution is 0.859. The SMILES string of the molecule is c1ccc(N/N=C(/Cn2ccnc2-c2ccccc2)c2ccccc2)cc1. The van der Waals surface area contributed by atoms with Crippen molar-refractivity contribution in [3.63, 3.8) is 0 Å². The van der Waals surface area contributed by atoms with E-state index in [2.05, 4.69) is 39.2 Å². The summed E-state index contributed by atoms with van der Waals surface area (Å²) in [6.07, 6.45) is 3.82. The van der Waals surface area contributed by atoms with Crippen LogP contribution >= 0.6 is 0 Å². The maximum Gasteiger partial charge on any atom is 0.140 e. The Kier molecular flexibility index (Phi) is 5.07. The summed E-state index contributed by atoms with van der Waals surface area (Å²) in [5.41, 5.74) is 7.23. The van der Waals surface area contributed by atoms with Crippen LogP contribution in [0.4, 0.5) is 5.69 Å². The second-order valence-electron chi connectivity index (χ2n) is 6.15. The zero-order valence-electron chi connectivity index (χ0n) is 14.9. The van der Waals surface area contributed by atoms with Gasteiger partial charge in [0.2, 0.25) is 0 Å². The molecule has 1 aromatic heterocycles. The smallest absolute Gasteiger partial charge is 0.140 e. The molecule has 0 unspecified atom stereocenters. The summed E-state index contributed by atoms with van der Waals surface area (Å²) in [5.74, 6) is 0.930. The number of benzene rings is 3. The van der Waals surface area contributed by atoms with E-state index in [0.29, 0.717) is 6.54 Å². The van der Waals surface area contributed by atoms with Gasteiger partial charge in [-0.25, -0.2) is 4.98 Å². The van der Waals surface area contributed by atoms with E-state index in [0.717, 1.165) is 28.4 Å². The largest absolute Gasteiger partial charge is 0.325 e. The van der Waals surface area contributed by atoms with Crippen LogP contribution in [0.5, 0.6) is 0 Å². The Morgan fingerprint density at radius 3 is 2.15 bits per heavy atom. The molecule has 0 aliphatic heterocycles. The zero-order valence-corrected chi connectivity index (χ0v) is 14.9. The number of para-hydroxylation sites is 1. The molecule has 0 saturated heterocycles. The molecule has 0 aliphatic rings. The molecule has 132 valence electrons. The van der Waals surface area contributed by atoms with Gasteiger partial charge in [0.05, 0.1) is 17.9 Å². The van der Waals surface area contributed by atoms with Gasteiger partial charge in [0.1, 0.15) is 5.82 Å². The Morgan fingerprint density at radius 1 is 0.815 bits per heavy atom. The maximum atomic E-state index is 4.69.